The molecule has 1 N–H and O–H groups in total. The highest BCUT2D eigenvalue weighted by Crippen LogP contribution is 2.32. The molecular weight excluding hydrogens is 274 g/mol. The van der Waals surface area contributed by atoms with Crippen LogP contribution in [-0.2, 0) is 12.7 Å². The molecule has 0 atom stereocenters. The largest absolute Gasteiger partial charge is 0.416 e. The molecule has 1 aliphatic rings. The van der Waals surface area contributed by atoms with Crippen LogP contribution in [0.25, 0.3) is 0 Å². The first-order valence-corrected chi connectivity index (χ1v) is 6.39. The van der Waals surface area contributed by atoms with E-state index in [-0.39, 0.29) is 12.1 Å². The molecule has 0 aliphatic carbocycles. The van der Waals surface area contributed by atoms with Crippen LogP contribution in [0.15, 0.2) is 18.2 Å². The van der Waals surface area contributed by atoms with Gasteiger partial charge in [-0.25, -0.2) is 9.40 Å². The fourth-order valence-corrected chi connectivity index (χ4v) is 2.13. The average Bonchev–Trinajstić information content (AvgIpc) is 2.38. The van der Waals surface area contributed by atoms with E-state index in [1.54, 1.807) is 0 Å². The summed E-state index contributed by atoms with van der Waals surface area (Å²) in [6.07, 6.45) is -4.54. The molecule has 0 aromatic heterocycles. The van der Waals surface area contributed by atoms with Crippen molar-refractivity contribution in [1.29, 1.82) is 0 Å². The fraction of sp³-hybridized carbons (Fsp3) is 0.538. The lowest BCUT2D eigenvalue weighted by atomic mass is 10.1. The Morgan fingerprint density at radius 1 is 1.15 bits per heavy atom. The van der Waals surface area contributed by atoms with Crippen molar-refractivity contribution < 1.29 is 17.6 Å². The van der Waals surface area contributed by atoms with Gasteiger partial charge in [-0.1, -0.05) is 6.07 Å². The number of nitrogens with zero attached hydrogens (tertiary/aromatic N) is 2. The van der Waals surface area contributed by atoms with Gasteiger partial charge < -0.3 is 4.90 Å². The van der Waals surface area contributed by atoms with E-state index in [9.17, 15) is 17.6 Å². The lowest BCUT2D eigenvalue weighted by molar-refractivity contribution is -0.138. The van der Waals surface area contributed by atoms with Crippen LogP contribution in [0.1, 0.15) is 11.1 Å². The summed E-state index contributed by atoms with van der Waals surface area (Å²) in [4.78, 5) is 2.15. The Balaban J connectivity index is 2.02. The van der Waals surface area contributed by atoms with Crippen LogP contribution >= 0.6 is 0 Å². The van der Waals surface area contributed by atoms with Crippen LogP contribution < -0.4 is 5.43 Å². The zero-order valence-corrected chi connectivity index (χ0v) is 11.2. The van der Waals surface area contributed by atoms with Crippen molar-refractivity contribution in [2.45, 2.75) is 12.7 Å². The number of likely N-dealkylation sites (N-methyl/N-ethyl adjacent to an activating group) is 1. The fourth-order valence-electron chi connectivity index (χ4n) is 2.13. The van der Waals surface area contributed by atoms with Gasteiger partial charge >= 0.3 is 6.18 Å². The number of benzene rings is 1. The standard InChI is InChI=1S/C13H17F4N3/c1-19-4-6-20(7-5-19)18-9-10-2-3-11(14)8-12(10)13(15,16)17/h2-3,8,18H,4-7,9H2,1H3. The molecule has 2 rings (SSSR count). The van der Waals surface area contributed by atoms with E-state index in [0.29, 0.717) is 6.07 Å². The first kappa shape index (κ1) is 15.2. The van der Waals surface area contributed by atoms with Crippen LogP contribution in [-0.4, -0.2) is 43.1 Å². The molecular formula is C13H17F4N3. The lowest BCUT2D eigenvalue weighted by Crippen LogP contribution is -2.50. The van der Waals surface area contributed by atoms with Gasteiger partial charge in [0.25, 0.3) is 0 Å². The van der Waals surface area contributed by atoms with E-state index >= 15 is 0 Å². The summed E-state index contributed by atoms with van der Waals surface area (Å²) in [7, 11) is 2.00. The molecule has 1 saturated heterocycles. The van der Waals surface area contributed by atoms with Crippen molar-refractivity contribution in [3.8, 4) is 0 Å². The molecule has 112 valence electrons. The summed E-state index contributed by atoms with van der Waals surface area (Å²) in [6, 6.07) is 2.78. The van der Waals surface area contributed by atoms with E-state index in [1.807, 2.05) is 12.1 Å². The summed E-state index contributed by atoms with van der Waals surface area (Å²) in [5, 5.41) is 1.89. The van der Waals surface area contributed by atoms with E-state index in [2.05, 4.69) is 10.3 Å². The number of hydrazine groups is 1. The summed E-state index contributed by atoms with van der Waals surface area (Å²) < 4.78 is 51.5. The van der Waals surface area contributed by atoms with Crippen molar-refractivity contribution in [3.63, 3.8) is 0 Å². The van der Waals surface area contributed by atoms with Gasteiger partial charge in [0.2, 0.25) is 0 Å². The van der Waals surface area contributed by atoms with Crippen molar-refractivity contribution in [3.05, 3.63) is 35.1 Å². The second-order valence-electron chi connectivity index (χ2n) is 4.92. The van der Waals surface area contributed by atoms with Gasteiger partial charge in [0.1, 0.15) is 5.82 Å². The number of piperazine rings is 1. The highest BCUT2D eigenvalue weighted by Gasteiger charge is 2.33. The number of halogens is 4. The molecule has 3 nitrogen and oxygen atoms in total. The second kappa shape index (κ2) is 6.07. The molecule has 0 unspecified atom stereocenters. The smallest absolute Gasteiger partial charge is 0.304 e. The minimum atomic E-state index is -4.54. The van der Waals surface area contributed by atoms with Crippen LogP contribution in [0.4, 0.5) is 17.6 Å². The minimum Gasteiger partial charge on any atom is -0.304 e. The van der Waals surface area contributed by atoms with Gasteiger partial charge in [-0.3, -0.25) is 5.43 Å². The van der Waals surface area contributed by atoms with Crippen molar-refractivity contribution in [1.82, 2.24) is 15.3 Å². The number of hydrogen-bond donors (Lipinski definition) is 1. The van der Waals surface area contributed by atoms with Gasteiger partial charge in [0.15, 0.2) is 0 Å². The summed E-state index contributed by atoms with van der Waals surface area (Å²) in [5.41, 5.74) is 2.11. The molecule has 1 heterocycles. The predicted octanol–water partition coefficient (Wildman–Crippen LogP) is 2.10. The Morgan fingerprint density at radius 2 is 1.80 bits per heavy atom. The minimum absolute atomic E-state index is 0.0405. The predicted molar refractivity (Wildman–Crippen MR) is 67.3 cm³/mol. The maximum atomic E-state index is 13.0. The molecule has 1 fully saturated rings. The molecule has 7 heteroatoms. The third-order valence-electron chi connectivity index (χ3n) is 3.37. The summed E-state index contributed by atoms with van der Waals surface area (Å²) in [5.74, 6) is -0.874. The highest BCUT2D eigenvalue weighted by atomic mass is 19.4. The molecule has 0 saturated carbocycles. The van der Waals surface area contributed by atoms with E-state index < -0.39 is 17.6 Å². The molecule has 1 aromatic carbocycles. The van der Waals surface area contributed by atoms with E-state index in [1.165, 1.54) is 6.07 Å². The Bertz CT molecular complexity index is 453. The van der Waals surface area contributed by atoms with Gasteiger partial charge in [-0.2, -0.15) is 13.2 Å². The molecule has 0 amide bonds. The molecule has 20 heavy (non-hydrogen) atoms. The maximum Gasteiger partial charge on any atom is 0.416 e. The third kappa shape index (κ3) is 3.91. The quantitative estimate of drug-likeness (QED) is 0.860. The van der Waals surface area contributed by atoms with Crippen molar-refractivity contribution in [2.75, 3.05) is 33.2 Å². The van der Waals surface area contributed by atoms with Crippen molar-refractivity contribution in [2.24, 2.45) is 0 Å². The van der Waals surface area contributed by atoms with Crippen LogP contribution in [0, 0.1) is 5.82 Å². The zero-order valence-electron chi connectivity index (χ0n) is 11.2. The van der Waals surface area contributed by atoms with Crippen LogP contribution in [0.2, 0.25) is 0 Å². The van der Waals surface area contributed by atoms with E-state index in [0.717, 1.165) is 32.2 Å². The zero-order chi connectivity index (χ0) is 14.8. The normalized spacial score (nSPS) is 18.4. The van der Waals surface area contributed by atoms with Gasteiger partial charge in [0, 0.05) is 32.7 Å². The maximum absolute atomic E-state index is 13.0. The SMILES string of the molecule is CN1CCN(NCc2ccc(F)cc2C(F)(F)F)CC1. The van der Waals surface area contributed by atoms with Gasteiger partial charge in [-0.05, 0) is 24.7 Å². The van der Waals surface area contributed by atoms with E-state index in [4.69, 9.17) is 0 Å². The summed E-state index contributed by atoms with van der Waals surface area (Å²) in [6.45, 7) is 3.27. The Hall–Kier alpha value is -1.18. The van der Waals surface area contributed by atoms with Gasteiger partial charge in [0.05, 0.1) is 5.56 Å². The second-order valence-corrected chi connectivity index (χ2v) is 4.92. The number of rotatable bonds is 3. The molecule has 0 bridgehead atoms. The topological polar surface area (TPSA) is 18.5 Å². The van der Waals surface area contributed by atoms with Crippen molar-refractivity contribution >= 4 is 0 Å². The number of alkyl halides is 3. The first-order valence-electron chi connectivity index (χ1n) is 6.39. The molecule has 1 aliphatic heterocycles. The number of hydrogen-bond acceptors (Lipinski definition) is 3. The molecule has 0 radical (unpaired) electrons. The van der Waals surface area contributed by atoms with Gasteiger partial charge in [-0.15, -0.1) is 0 Å². The average molecular weight is 291 g/mol. The van der Waals surface area contributed by atoms with Crippen LogP contribution in [0.3, 0.4) is 0 Å². The highest BCUT2D eigenvalue weighted by molar-refractivity contribution is 5.30. The molecule has 0 spiro atoms. The Labute approximate surface area is 115 Å². The monoisotopic (exact) mass is 291 g/mol. The lowest BCUT2D eigenvalue weighted by Gasteiger charge is -2.32. The van der Waals surface area contributed by atoms with Crippen LogP contribution in [0.5, 0.6) is 0 Å². The first-order chi connectivity index (χ1) is 9.36. The Kier molecular flexibility index (Phi) is 4.62. The molecule has 1 aromatic rings. The number of nitrogens with one attached hydrogen (secondary N) is 1. The third-order valence-corrected chi connectivity index (χ3v) is 3.37. The summed E-state index contributed by atoms with van der Waals surface area (Å²) >= 11 is 0. The Morgan fingerprint density at radius 3 is 2.40 bits per heavy atom.